The molecule has 5 nitrogen and oxygen atoms in total. The van der Waals surface area contributed by atoms with Gasteiger partial charge >= 0.3 is 0 Å². The lowest BCUT2D eigenvalue weighted by molar-refractivity contribution is -0.116. The Hall–Kier alpha value is -0.490. The number of carbonyl (C=O) groups excluding carboxylic acids is 1. The van der Waals surface area contributed by atoms with Crippen LogP contribution in [0.5, 0.6) is 0 Å². The largest absolute Gasteiger partial charge is 0.325 e. The zero-order valence-corrected chi connectivity index (χ0v) is 15.5. The molecule has 22 heavy (non-hydrogen) atoms. The van der Waals surface area contributed by atoms with Gasteiger partial charge in [-0.2, -0.15) is 0 Å². The van der Waals surface area contributed by atoms with Crippen LogP contribution in [0.1, 0.15) is 20.8 Å². The molecule has 0 heterocycles. The van der Waals surface area contributed by atoms with Crippen LogP contribution in [0.2, 0.25) is 5.02 Å². The van der Waals surface area contributed by atoms with E-state index in [1.54, 1.807) is 28.9 Å². The van der Waals surface area contributed by atoms with E-state index in [2.05, 4.69) is 5.32 Å². The zero-order chi connectivity index (χ0) is 16.6. The minimum absolute atomic E-state index is 0.121. The van der Waals surface area contributed by atoms with Crippen molar-refractivity contribution in [1.82, 2.24) is 4.67 Å². The molecule has 0 radical (unpaired) electrons. The van der Waals surface area contributed by atoms with Gasteiger partial charge in [-0.25, -0.2) is 4.67 Å². The van der Waals surface area contributed by atoms with E-state index in [1.165, 1.54) is 0 Å². The summed E-state index contributed by atoms with van der Waals surface area (Å²) < 4.78 is 13.0. The van der Waals surface area contributed by atoms with Gasteiger partial charge in [-0.15, -0.1) is 0 Å². The summed E-state index contributed by atoms with van der Waals surface area (Å²) >= 11 is 11.3. The maximum Gasteiger partial charge on any atom is 0.264 e. The standard InChI is InChI=1S/C14H22ClN2O3PS/c1-4-17(21(22,19-5-2)20-6-3)11-14(18)16-13-9-7-12(15)8-10-13/h7-10H,4-6,11H2,1-3H3,(H,16,18). The Morgan fingerprint density at radius 3 is 2.23 bits per heavy atom. The van der Waals surface area contributed by atoms with Crippen LogP contribution in [0.3, 0.4) is 0 Å². The molecule has 1 aromatic carbocycles. The lowest BCUT2D eigenvalue weighted by Gasteiger charge is -2.31. The van der Waals surface area contributed by atoms with Crippen molar-refractivity contribution in [2.24, 2.45) is 0 Å². The normalized spacial score (nSPS) is 11.7. The smallest absolute Gasteiger partial charge is 0.264 e. The second-order valence-corrected chi connectivity index (χ2v) is 8.18. The van der Waals surface area contributed by atoms with Crippen molar-refractivity contribution in [2.45, 2.75) is 20.8 Å². The predicted molar refractivity (Wildman–Crippen MR) is 94.9 cm³/mol. The predicted octanol–water partition coefficient (Wildman–Crippen LogP) is 3.90. The van der Waals surface area contributed by atoms with Crippen LogP contribution in [0.4, 0.5) is 5.69 Å². The summed E-state index contributed by atoms with van der Waals surface area (Å²) in [5.41, 5.74) is 0.687. The molecule has 1 aromatic rings. The Morgan fingerprint density at radius 2 is 1.77 bits per heavy atom. The van der Waals surface area contributed by atoms with E-state index in [1.807, 2.05) is 20.8 Å². The van der Waals surface area contributed by atoms with Crippen LogP contribution in [-0.2, 0) is 25.6 Å². The average Bonchev–Trinajstić information content (AvgIpc) is 2.47. The summed E-state index contributed by atoms with van der Waals surface area (Å²) in [7, 11) is 0. The molecule has 1 rings (SSSR count). The lowest BCUT2D eigenvalue weighted by Crippen LogP contribution is -2.32. The van der Waals surface area contributed by atoms with E-state index in [0.29, 0.717) is 30.5 Å². The molecule has 0 saturated carbocycles. The number of hydrogen-bond donors (Lipinski definition) is 1. The number of halogens is 1. The highest BCUT2D eigenvalue weighted by molar-refractivity contribution is 8.08. The van der Waals surface area contributed by atoms with Crippen molar-refractivity contribution < 1.29 is 13.8 Å². The van der Waals surface area contributed by atoms with Gasteiger partial charge in [-0.3, -0.25) is 4.79 Å². The molecule has 0 aliphatic heterocycles. The maximum atomic E-state index is 12.2. The Kier molecular flexibility index (Phi) is 8.54. The second-order valence-electron chi connectivity index (χ2n) is 4.34. The van der Waals surface area contributed by atoms with Crippen LogP contribution in [0.15, 0.2) is 24.3 Å². The molecule has 8 heteroatoms. The average molecular weight is 365 g/mol. The van der Waals surface area contributed by atoms with Crippen molar-refractivity contribution in [3.63, 3.8) is 0 Å². The fourth-order valence-corrected chi connectivity index (χ4v) is 4.78. The van der Waals surface area contributed by atoms with Gasteiger partial charge in [0, 0.05) is 17.3 Å². The Bertz CT molecular complexity index is 517. The van der Waals surface area contributed by atoms with Gasteiger partial charge in [-0.05, 0) is 49.9 Å². The summed E-state index contributed by atoms with van der Waals surface area (Å²) in [6.45, 7) is 4.64. The van der Waals surface area contributed by atoms with Crippen LogP contribution in [-0.4, -0.2) is 36.9 Å². The number of nitrogens with zero attached hydrogens (tertiary/aromatic N) is 1. The molecule has 0 saturated heterocycles. The third kappa shape index (κ3) is 5.95. The number of benzene rings is 1. The summed E-state index contributed by atoms with van der Waals surface area (Å²) in [5, 5.41) is 3.43. The van der Waals surface area contributed by atoms with Crippen LogP contribution in [0.25, 0.3) is 0 Å². The lowest BCUT2D eigenvalue weighted by atomic mass is 10.3. The number of rotatable bonds is 9. The first-order chi connectivity index (χ1) is 10.4. The summed E-state index contributed by atoms with van der Waals surface area (Å²) in [4.78, 5) is 12.2. The van der Waals surface area contributed by atoms with Crippen LogP contribution in [0, 0.1) is 0 Å². The molecule has 0 fully saturated rings. The second kappa shape index (κ2) is 9.60. The topological polar surface area (TPSA) is 50.8 Å². The fourth-order valence-electron chi connectivity index (χ4n) is 1.80. The van der Waals surface area contributed by atoms with E-state index in [0.717, 1.165) is 0 Å². The van der Waals surface area contributed by atoms with Crippen molar-refractivity contribution in [3.05, 3.63) is 29.3 Å². The SMILES string of the molecule is CCOP(=S)(OCC)N(CC)CC(=O)Nc1ccc(Cl)cc1. The molecule has 0 bridgehead atoms. The van der Waals surface area contributed by atoms with Gasteiger partial charge in [0.1, 0.15) is 0 Å². The van der Waals surface area contributed by atoms with E-state index < -0.39 is 6.64 Å². The number of amides is 1. The number of likely N-dealkylation sites (N-methyl/N-ethyl adjacent to an activating group) is 1. The number of hydrogen-bond acceptors (Lipinski definition) is 4. The molecule has 1 amide bonds. The molecular weight excluding hydrogens is 343 g/mol. The van der Waals surface area contributed by atoms with Crippen molar-refractivity contribution >= 4 is 41.6 Å². The highest BCUT2D eigenvalue weighted by Gasteiger charge is 2.28. The molecule has 1 N–H and O–H groups in total. The van der Waals surface area contributed by atoms with Gasteiger partial charge in [0.25, 0.3) is 6.64 Å². The Labute approximate surface area is 142 Å². The highest BCUT2D eigenvalue weighted by Crippen LogP contribution is 2.51. The van der Waals surface area contributed by atoms with Crippen molar-refractivity contribution in [1.29, 1.82) is 0 Å². The molecule has 0 unspecified atom stereocenters. The Balaban J connectivity index is 2.73. The van der Waals surface area contributed by atoms with E-state index in [9.17, 15) is 4.79 Å². The van der Waals surface area contributed by atoms with Gasteiger partial charge in [0.05, 0.1) is 19.8 Å². The van der Waals surface area contributed by atoms with Gasteiger partial charge in [0.15, 0.2) is 0 Å². The number of nitrogens with one attached hydrogen (secondary N) is 1. The molecule has 0 atom stereocenters. The highest BCUT2D eigenvalue weighted by atomic mass is 35.5. The molecular formula is C14H22ClN2O3PS. The molecule has 0 aromatic heterocycles. The summed E-state index contributed by atoms with van der Waals surface area (Å²) in [6, 6.07) is 6.94. The first-order valence-corrected chi connectivity index (χ1v) is 10.1. The van der Waals surface area contributed by atoms with Crippen LogP contribution >= 0.6 is 18.2 Å². The first-order valence-electron chi connectivity index (χ1n) is 7.15. The van der Waals surface area contributed by atoms with Gasteiger partial charge < -0.3 is 14.4 Å². The van der Waals surface area contributed by atoms with Crippen molar-refractivity contribution in [2.75, 3.05) is 31.6 Å². The Morgan fingerprint density at radius 1 is 1.23 bits per heavy atom. The third-order valence-corrected chi connectivity index (χ3v) is 6.61. The number of carbonyl (C=O) groups is 1. The fraction of sp³-hybridized carbons (Fsp3) is 0.500. The monoisotopic (exact) mass is 364 g/mol. The molecule has 0 aliphatic rings. The summed E-state index contributed by atoms with van der Waals surface area (Å²) in [5.74, 6) is -0.169. The van der Waals surface area contributed by atoms with E-state index >= 15 is 0 Å². The third-order valence-electron chi connectivity index (χ3n) is 2.75. The molecule has 0 spiro atoms. The van der Waals surface area contributed by atoms with Gasteiger partial charge in [-0.1, -0.05) is 18.5 Å². The van der Waals surface area contributed by atoms with Gasteiger partial charge in [0.2, 0.25) is 5.91 Å². The number of anilines is 1. The molecule has 124 valence electrons. The quantitative estimate of drug-likeness (QED) is 0.673. The maximum absolute atomic E-state index is 12.2. The van der Waals surface area contributed by atoms with E-state index in [4.69, 9.17) is 32.5 Å². The van der Waals surface area contributed by atoms with Crippen molar-refractivity contribution in [3.8, 4) is 0 Å². The summed E-state index contributed by atoms with van der Waals surface area (Å²) in [6.07, 6.45) is 0. The minimum atomic E-state index is -2.61. The first kappa shape index (κ1) is 19.6. The van der Waals surface area contributed by atoms with Crippen LogP contribution < -0.4 is 5.32 Å². The minimum Gasteiger partial charge on any atom is -0.325 e. The zero-order valence-electron chi connectivity index (χ0n) is 13.0. The molecule has 0 aliphatic carbocycles. The van der Waals surface area contributed by atoms with E-state index in [-0.39, 0.29) is 12.5 Å².